The first-order valence-corrected chi connectivity index (χ1v) is 8.39. The number of carbonyl (C=O) groups is 1. The molecule has 0 bridgehead atoms. The van der Waals surface area contributed by atoms with E-state index in [-0.39, 0.29) is 5.78 Å². The molecular weight excluding hydrogens is 270 g/mol. The number of nitriles is 1. The number of Topliss-reactive ketones (excluding diaryl/α,β-unsaturated/α-hetero) is 1. The molecule has 0 N–H and O–H groups in total. The number of ketones is 1. The van der Waals surface area contributed by atoms with Gasteiger partial charge in [-0.25, -0.2) is 0 Å². The summed E-state index contributed by atoms with van der Waals surface area (Å²) in [5.41, 5.74) is 0.649. The SMILES string of the molecule is C=CCCCCCCCCCC(C#N)C(=O)c1ccccc1. The molecule has 22 heavy (non-hydrogen) atoms. The number of carbonyl (C=O) groups excluding carboxylic acids is 1. The van der Waals surface area contributed by atoms with E-state index >= 15 is 0 Å². The van der Waals surface area contributed by atoms with E-state index in [4.69, 9.17) is 0 Å². The highest BCUT2D eigenvalue weighted by Crippen LogP contribution is 2.17. The van der Waals surface area contributed by atoms with Crippen LogP contribution in [-0.4, -0.2) is 5.78 Å². The van der Waals surface area contributed by atoms with Crippen molar-refractivity contribution < 1.29 is 4.79 Å². The summed E-state index contributed by atoms with van der Waals surface area (Å²) in [6, 6.07) is 11.3. The lowest BCUT2D eigenvalue weighted by atomic mass is 9.93. The molecule has 0 radical (unpaired) electrons. The van der Waals surface area contributed by atoms with Gasteiger partial charge in [-0.1, -0.05) is 74.9 Å². The monoisotopic (exact) mass is 297 g/mol. The van der Waals surface area contributed by atoms with Crippen molar-refractivity contribution in [1.29, 1.82) is 5.26 Å². The van der Waals surface area contributed by atoms with Gasteiger partial charge in [0.2, 0.25) is 0 Å². The Balaban J connectivity index is 2.16. The van der Waals surface area contributed by atoms with E-state index in [0.717, 1.165) is 19.3 Å². The standard InChI is InChI=1S/C20H27NO/c1-2-3-4-5-6-7-8-9-11-16-19(17-21)20(22)18-14-12-10-13-15-18/h2,10,12-15,19H,1,3-9,11,16H2. The van der Waals surface area contributed by atoms with Crippen molar-refractivity contribution in [2.75, 3.05) is 0 Å². The van der Waals surface area contributed by atoms with Crippen molar-refractivity contribution in [3.63, 3.8) is 0 Å². The Hall–Kier alpha value is -1.88. The third-order valence-corrected chi connectivity index (χ3v) is 3.93. The number of hydrogen-bond donors (Lipinski definition) is 0. The van der Waals surface area contributed by atoms with Crippen LogP contribution in [-0.2, 0) is 0 Å². The summed E-state index contributed by atoms with van der Waals surface area (Å²) in [6.07, 6.45) is 12.1. The second-order valence-corrected chi connectivity index (χ2v) is 5.75. The van der Waals surface area contributed by atoms with E-state index in [0.29, 0.717) is 12.0 Å². The minimum atomic E-state index is -0.491. The van der Waals surface area contributed by atoms with Gasteiger partial charge in [-0.3, -0.25) is 4.79 Å². The highest BCUT2D eigenvalue weighted by Gasteiger charge is 2.18. The second kappa shape index (κ2) is 11.7. The fourth-order valence-corrected chi connectivity index (χ4v) is 2.58. The minimum Gasteiger partial charge on any atom is -0.293 e. The maximum Gasteiger partial charge on any atom is 0.179 e. The number of nitrogens with zero attached hydrogens (tertiary/aromatic N) is 1. The van der Waals surface area contributed by atoms with E-state index < -0.39 is 5.92 Å². The van der Waals surface area contributed by atoms with Crippen LogP contribution in [0, 0.1) is 17.2 Å². The molecule has 1 aromatic rings. The lowest BCUT2D eigenvalue weighted by Gasteiger charge is -2.08. The van der Waals surface area contributed by atoms with Crippen molar-refractivity contribution in [3.8, 4) is 6.07 Å². The molecule has 0 spiro atoms. The smallest absolute Gasteiger partial charge is 0.179 e. The molecule has 0 aliphatic rings. The molecule has 2 heteroatoms. The predicted octanol–water partition coefficient (Wildman–Crippen LogP) is 5.71. The van der Waals surface area contributed by atoms with E-state index in [2.05, 4.69) is 12.6 Å². The summed E-state index contributed by atoms with van der Waals surface area (Å²) in [4.78, 5) is 12.2. The molecule has 1 aromatic carbocycles. The zero-order valence-corrected chi connectivity index (χ0v) is 13.5. The zero-order valence-electron chi connectivity index (χ0n) is 13.5. The van der Waals surface area contributed by atoms with Gasteiger partial charge in [0, 0.05) is 5.56 Å². The van der Waals surface area contributed by atoms with Crippen molar-refractivity contribution in [1.82, 2.24) is 0 Å². The number of benzene rings is 1. The lowest BCUT2D eigenvalue weighted by molar-refractivity contribution is 0.0942. The summed E-state index contributed by atoms with van der Waals surface area (Å²) in [5, 5.41) is 9.20. The van der Waals surface area contributed by atoms with E-state index in [1.807, 2.05) is 24.3 Å². The Labute approximate surface area is 134 Å². The Bertz CT molecular complexity index is 472. The van der Waals surface area contributed by atoms with Crippen LogP contribution in [0.4, 0.5) is 0 Å². The molecule has 1 atom stereocenters. The van der Waals surface area contributed by atoms with Gasteiger partial charge >= 0.3 is 0 Å². The van der Waals surface area contributed by atoms with Crippen LogP contribution in [0.3, 0.4) is 0 Å². The quantitative estimate of drug-likeness (QED) is 0.282. The molecule has 0 fully saturated rings. The molecule has 0 saturated carbocycles. The lowest BCUT2D eigenvalue weighted by Crippen LogP contribution is -2.12. The molecule has 0 aromatic heterocycles. The van der Waals surface area contributed by atoms with E-state index in [9.17, 15) is 10.1 Å². The van der Waals surface area contributed by atoms with Gasteiger partial charge in [-0.15, -0.1) is 6.58 Å². The van der Waals surface area contributed by atoms with Gasteiger partial charge in [-0.2, -0.15) is 5.26 Å². The fraction of sp³-hybridized carbons (Fsp3) is 0.500. The van der Waals surface area contributed by atoms with Gasteiger partial charge in [0.15, 0.2) is 5.78 Å². The third kappa shape index (κ3) is 7.22. The largest absolute Gasteiger partial charge is 0.293 e. The van der Waals surface area contributed by atoms with Crippen molar-refractivity contribution in [2.24, 2.45) is 5.92 Å². The Morgan fingerprint density at radius 1 is 1.05 bits per heavy atom. The third-order valence-electron chi connectivity index (χ3n) is 3.93. The van der Waals surface area contributed by atoms with Crippen LogP contribution in [0.2, 0.25) is 0 Å². The molecule has 0 saturated heterocycles. The normalized spacial score (nSPS) is 11.6. The van der Waals surface area contributed by atoms with Crippen LogP contribution in [0.25, 0.3) is 0 Å². The van der Waals surface area contributed by atoms with Crippen LogP contribution in [0.15, 0.2) is 43.0 Å². The van der Waals surface area contributed by atoms with Crippen molar-refractivity contribution in [3.05, 3.63) is 48.6 Å². The molecule has 118 valence electrons. The highest BCUT2D eigenvalue weighted by atomic mass is 16.1. The maximum atomic E-state index is 12.2. The maximum absolute atomic E-state index is 12.2. The highest BCUT2D eigenvalue weighted by molar-refractivity contribution is 5.99. The molecule has 2 nitrogen and oxygen atoms in total. The van der Waals surface area contributed by atoms with Gasteiger partial charge in [0.1, 0.15) is 5.92 Å². The average Bonchev–Trinajstić information content (AvgIpc) is 2.57. The fourth-order valence-electron chi connectivity index (χ4n) is 2.58. The molecule has 1 unspecified atom stereocenters. The first-order valence-electron chi connectivity index (χ1n) is 8.39. The number of hydrogen-bond acceptors (Lipinski definition) is 2. The van der Waals surface area contributed by atoms with Crippen LogP contribution in [0.5, 0.6) is 0 Å². The van der Waals surface area contributed by atoms with E-state index in [1.54, 1.807) is 12.1 Å². The molecule has 1 rings (SSSR count). The van der Waals surface area contributed by atoms with Gasteiger partial charge < -0.3 is 0 Å². The molecule has 0 aliphatic heterocycles. The first kappa shape index (κ1) is 18.2. The number of rotatable bonds is 12. The summed E-state index contributed by atoms with van der Waals surface area (Å²) in [7, 11) is 0. The van der Waals surface area contributed by atoms with Gasteiger partial charge in [-0.05, 0) is 19.3 Å². The molecule has 0 heterocycles. The zero-order chi connectivity index (χ0) is 16.0. The van der Waals surface area contributed by atoms with Gasteiger partial charge in [0.25, 0.3) is 0 Å². The van der Waals surface area contributed by atoms with Crippen molar-refractivity contribution in [2.45, 2.75) is 57.8 Å². The minimum absolute atomic E-state index is 0.0347. The average molecular weight is 297 g/mol. The molecule has 0 amide bonds. The number of allylic oxidation sites excluding steroid dienone is 1. The summed E-state index contributed by atoms with van der Waals surface area (Å²) < 4.78 is 0. The van der Waals surface area contributed by atoms with Crippen LogP contribution < -0.4 is 0 Å². The molecular formula is C20H27NO. The van der Waals surface area contributed by atoms with Crippen molar-refractivity contribution >= 4 is 5.78 Å². The van der Waals surface area contributed by atoms with Crippen LogP contribution in [0.1, 0.15) is 68.1 Å². The molecule has 0 aliphatic carbocycles. The summed E-state index contributed by atoms with van der Waals surface area (Å²) in [5.74, 6) is -0.525. The Morgan fingerprint density at radius 2 is 1.64 bits per heavy atom. The second-order valence-electron chi connectivity index (χ2n) is 5.75. The predicted molar refractivity (Wildman–Crippen MR) is 91.6 cm³/mol. The van der Waals surface area contributed by atoms with Gasteiger partial charge in [0.05, 0.1) is 6.07 Å². The van der Waals surface area contributed by atoms with E-state index in [1.165, 1.54) is 32.1 Å². The topological polar surface area (TPSA) is 40.9 Å². The summed E-state index contributed by atoms with van der Waals surface area (Å²) in [6.45, 7) is 3.73. The van der Waals surface area contributed by atoms with Crippen LogP contribution >= 0.6 is 0 Å². The summed E-state index contributed by atoms with van der Waals surface area (Å²) >= 11 is 0. The Morgan fingerprint density at radius 3 is 2.23 bits per heavy atom. The first-order chi connectivity index (χ1) is 10.8. The Kier molecular flexibility index (Phi) is 9.70. The number of unbranched alkanes of at least 4 members (excludes halogenated alkanes) is 7.